The third kappa shape index (κ3) is 3.74. The number of benzene rings is 1. The van der Waals surface area contributed by atoms with Crippen molar-refractivity contribution in [1.29, 1.82) is 15.8 Å². The second-order valence-electron chi connectivity index (χ2n) is 4.67. The normalized spacial score (nSPS) is 12.6. The zero-order valence-electron chi connectivity index (χ0n) is 11.8. The van der Waals surface area contributed by atoms with Crippen LogP contribution in [0, 0.1) is 39.9 Å². The lowest BCUT2D eigenvalue weighted by molar-refractivity contribution is 0.351. The molecule has 0 saturated heterocycles. The zero-order valence-corrected chi connectivity index (χ0v) is 11.8. The second kappa shape index (κ2) is 7.82. The first-order valence-corrected chi connectivity index (χ1v) is 6.58. The van der Waals surface area contributed by atoms with Gasteiger partial charge in [-0.05, 0) is 29.7 Å². The molecule has 0 heterocycles. The molecule has 0 radical (unpaired) electrons. The molecule has 0 amide bonds. The molecular weight excluding hydrogens is 250 g/mol. The summed E-state index contributed by atoms with van der Waals surface area (Å²) in [6, 6.07) is 11.4. The Bertz CT molecular complexity index is 575. The van der Waals surface area contributed by atoms with Gasteiger partial charge in [-0.2, -0.15) is 15.8 Å². The quantitative estimate of drug-likeness (QED) is 0.789. The maximum atomic E-state index is 9.03. The van der Waals surface area contributed by atoms with Gasteiger partial charge in [-0.3, -0.25) is 0 Å². The highest BCUT2D eigenvalue weighted by atomic mass is 16.5. The lowest BCUT2D eigenvalue weighted by Crippen LogP contribution is -2.11. The lowest BCUT2D eigenvalue weighted by Gasteiger charge is -2.23. The van der Waals surface area contributed by atoms with Gasteiger partial charge >= 0.3 is 0 Å². The number of hydrogen-bond donors (Lipinski definition) is 0. The van der Waals surface area contributed by atoms with Crippen molar-refractivity contribution in [2.45, 2.75) is 32.6 Å². The van der Waals surface area contributed by atoms with Crippen LogP contribution in [0.4, 0.5) is 0 Å². The van der Waals surface area contributed by atoms with Crippen LogP contribution in [0.15, 0.2) is 18.2 Å². The Hall–Kier alpha value is -2.51. The summed E-state index contributed by atoms with van der Waals surface area (Å²) in [5, 5.41) is 26.7. The van der Waals surface area contributed by atoms with Crippen LogP contribution in [-0.4, -0.2) is 6.61 Å². The molecule has 0 aliphatic heterocycles. The van der Waals surface area contributed by atoms with Crippen LogP contribution < -0.4 is 4.74 Å². The summed E-state index contributed by atoms with van der Waals surface area (Å²) in [5.74, 6) is 0.895. The van der Waals surface area contributed by atoms with Gasteiger partial charge in [0.05, 0.1) is 17.7 Å². The Morgan fingerprint density at radius 3 is 2.50 bits per heavy atom. The van der Waals surface area contributed by atoms with Gasteiger partial charge in [0.15, 0.2) is 6.61 Å². The molecule has 0 fully saturated rings. The predicted octanol–water partition coefficient (Wildman–Crippen LogP) is 3.50. The summed E-state index contributed by atoms with van der Waals surface area (Å²) < 4.78 is 5.43. The average Bonchev–Trinajstić information content (AvgIpc) is 2.49. The van der Waals surface area contributed by atoms with Crippen molar-refractivity contribution in [3.8, 4) is 24.0 Å². The van der Waals surface area contributed by atoms with E-state index in [9.17, 15) is 0 Å². The van der Waals surface area contributed by atoms with Gasteiger partial charge in [-0.25, -0.2) is 0 Å². The fourth-order valence-electron chi connectivity index (χ4n) is 2.15. The van der Waals surface area contributed by atoms with E-state index in [1.54, 1.807) is 18.2 Å². The minimum atomic E-state index is -0.0430. The fourth-order valence-corrected chi connectivity index (χ4v) is 2.15. The maximum absolute atomic E-state index is 9.03. The van der Waals surface area contributed by atoms with E-state index >= 15 is 0 Å². The number of rotatable bonds is 6. The van der Waals surface area contributed by atoms with Crippen molar-refractivity contribution in [2.75, 3.05) is 6.61 Å². The van der Waals surface area contributed by atoms with Gasteiger partial charge in [0, 0.05) is 12.3 Å². The fraction of sp³-hybridized carbons (Fsp3) is 0.438. The molecule has 4 nitrogen and oxygen atoms in total. The van der Waals surface area contributed by atoms with Crippen molar-refractivity contribution < 1.29 is 4.74 Å². The summed E-state index contributed by atoms with van der Waals surface area (Å²) in [6.45, 7) is 4.10. The zero-order chi connectivity index (χ0) is 15.0. The molecule has 0 bridgehead atoms. The Morgan fingerprint density at radius 1 is 1.20 bits per heavy atom. The molecule has 102 valence electrons. The molecule has 1 rings (SSSR count). The summed E-state index contributed by atoms with van der Waals surface area (Å²) in [5.41, 5.74) is 1.38. The standard InChI is InChI=1S/C16H17N3O/c1-3-12(2)14(6-7-17)15-10-13(11-19)4-5-16(15)20-9-8-18/h4-5,10,12,14H,3,6,9H2,1-2H3. The minimum absolute atomic E-state index is 0.00647. The monoisotopic (exact) mass is 267 g/mol. The molecule has 4 heteroatoms. The first-order valence-electron chi connectivity index (χ1n) is 6.58. The summed E-state index contributed by atoms with van der Waals surface area (Å²) in [7, 11) is 0. The van der Waals surface area contributed by atoms with E-state index in [1.165, 1.54) is 0 Å². The van der Waals surface area contributed by atoms with E-state index in [0.717, 1.165) is 12.0 Å². The first-order chi connectivity index (χ1) is 9.67. The van der Waals surface area contributed by atoms with E-state index in [0.29, 0.717) is 23.7 Å². The van der Waals surface area contributed by atoms with E-state index < -0.39 is 0 Å². The molecule has 2 atom stereocenters. The predicted molar refractivity (Wildman–Crippen MR) is 74.7 cm³/mol. The van der Waals surface area contributed by atoms with Crippen LogP contribution in [0.2, 0.25) is 0 Å². The van der Waals surface area contributed by atoms with Crippen molar-refractivity contribution >= 4 is 0 Å². The smallest absolute Gasteiger partial charge is 0.174 e. The second-order valence-corrected chi connectivity index (χ2v) is 4.67. The van der Waals surface area contributed by atoms with E-state index in [-0.39, 0.29) is 12.5 Å². The molecule has 20 heavy (non-hydrogen) atoms. The van der Waals surface area contributed by atoms with Crippen LogP contribution >= 0.6 is 0 Å². The van der Waals surface area contributed by atoms with E-state index in [4.69, 9.17) is 20.5 Å². The third-order valence-corrected chi connectivity index (χ3v) is 3.47. The highest BCUT2D eigenvalue weighted by Crippen LogP contribution is 2.36. The van der Waals surface area contributed by atoms with Crippen molar-refractivity contribution in [3.63, 3.8) is 0 Å². The molecule has 1 aromatic rings. The minimum Gasteiger partial charge on any atom is -0.478 e. The number of hydrogen-bond acceptors (Lipinski definition) is 4. The molecular formula is C16H17N3O. The Morgan fingerprint density at radius 2 is 1.95 bits per heavy atom. The topological polar surface area (TPSA) is 80.6 Å². The Kier molecular flexibility index (Phi) is 6.08. The number of nitriles is 3. The lowest BCUT2D eigenvalue weighted by atomic mass is 9.82. The van der Waals surface area contributed by atoms with Gasteiger partial charge in [-0.1, -0.05) is 20.3 Å². The summed E-state index contributed by atoms with van der Waals surface area (Å²) >= 11 is 0. The molecule has 2 unspecified atom stereocenters. The van der Waals surface area contributed by atoms with Crippen molar-refractivity contribution in [2.24, 2.45) is 5.92 Å². The largest absolute Gasteiger partial charge is 0.478 e. The highest BCUT2D eigenvalue weighted by Gasteiger charge is 2.22. The number of ether oxygens (including phenoxy) is 1. The van der Waals surface area contributed by atoms with Crippen molar-refractivity contribution in [3.05, 3.63) is 29.3 Å². The van der Waals surface area contributed by atoms with Crippen LogP contribution in [0.3, 0.4) is 0 Å². The van der Waals surface area contributed by atoms with Crippen LogP contribution in [-0.2, 0) is 0 Å². The SMILES string of the molecule is CCC(C)C(CC#N)c1cc(C#N)ccc1OCC#N. The summed E-state index contributed by atoms with van der Waals surface area (Å²) in [6.07, 6.45) is 1.30. The maximum Gasteiger partial charge on any atom is 0.174 e. The molecule has 0 saturated carbocycles. The van der Waals surface area contributed by atoms with Gasteiger partial charge in [0.2, 0.25) is 0 Å². The molecule has 0 aliphatic carbocycles. The Balaban J connectivity index is 3.25. The summed E-state index contributed by atoms with van der Waals surface area (Å²) in [4.78, 5) is 0. The van der Waals surface area contributed by atoms with E-state index in [2.05, 4.69) is 26.0 Å². The van der Waals surface area contributed by atoms with Gasteiger partial charge < -0.3 is 4.74 Å². The number of nitrogens with zero attached hydrogens (tertiary/aromatic N) is 3. The van der Waals surface area contributed by atoms with Crippen LogP contribution in [0.5, 0.6) is 5.75 Å². The highest BCUT2D eigenvalue weighted by molar-refractivity contribution is 5.44. The van der Waals surface area contributed by atoms with Gasteiger partial charge in [0.25, 0.3) is 0 Å². The van der Waals surface area contributed by atoms with Gasteiger partial charge in [0.1, 0.15) is 11.8 Å². The molecule has 0 spiro atoms. The van der Waals surface area contributed by atoms with E-state index in [1.807, 2.05) is 6.07 Å². The average molecular weight is 267 g/mol. The molecule has 0 N–H and O–H groups in total. The van der Waals surface area contributed by atoms with Crippen molar-refractivity contribution in [1.82, 2.24) is 0 Å². The molecule has 1 aromatic carbocycles. The Labute approximate surface area is 119 Å². The van der Waals surface area contributed by atoms with Gasteiger partial charge in [-0.15, -0.1) is 0 Å². The molecule has 0 aliphatic rings. The van der Waals surface area contributed by atoms with Crippen LogP contribution in [0.1, 0.15) is 43.7 Å². The third-order valence-electron chi connectivity index (χ3n) is 3.47. The first kappa shape index (κ1) is 15.5. The van der Waals surface area contributed by atoms with Crippen LogP contribution in [0.25, 0.3) is 0 Å². The molecule has 0 aromatic heterocycles.